The van der Waals surface area contributed by atoms with Crippen molar-refractivity contribution < 1.29 is 0 Å². The van der Waals surface area contributed by atoms with Crippen LogP contribution in [0.3, 0.4) is 0 Å². The number of anilines is 1. The Morgan fingerprint density at radius 3 is 2.82 bits per heavy atom. The van der Waals surface area contributed by atoms with Crippen LogP contribution >= 0.6 is 0 Å². The zero-order valence-corrected chi connectivity index (χ0v) is 11.3. The highest BCUT2D eigenvalue weighted by Crippen LogP contribution is 2.19. The molecule has 106 valence electrons. The van der Waals surface area contributed by atoms with E-state index in [1.54, 1.807) is 18.5 Å². The second-order valence-electron chi connectivity index (χ2n) is 4.20. The molecule has 0 amide bonds. The van der Waals surface area contributed by atoms with E-state index >= 15 is 0 Å². The fourth-order valence-corrected chi connectivity index (χ4v) is 1.77. The number of aromatic nitrogens is 6. The molecule has 8 heteroatoms. The third-order valence-corrected chi connectivity index (χ3v) is 2.78. The lowest BCUT2D eigenvalue weighted by Gasteiger charge is -2.04. The van der Waals surface area contributed by atoms with E-state index in [1.165, 1.54) is 6.20 Å². The summed E-state index contributed by atoms with van der Waals surface area (Å²) in [6.45, 7) is 0. The molecule has 2 N–H and O–H groups in total. The molecule has 0 aliphatic heterocycles. The molecule has 8 nitrogen and oxygen atoms in total. The average Bonchev–Trinajstić information content (AvgIpc) is 3.11. The Morgan fingerprint density at radius 1 is 1.23 bits per heavy atom. The minimum Gasteiger partial charge on any atom is -0.360 e. The first-order chi connectivity index (χ1) is 10.9. The summed E-state index contributed by atoms with van der Waals surface area (Å²) in [6.07, 6.45) is 4.90. The van der Waals surface area contributed by atoms with Gasteiger partial charge in [0.1, 0.15) is 11.6 Å². The smallest absolute Gasteiger partial charge is 0.216 e. The number of benzene rings is 1. The maximum atomic E-state index is 9.11. The van der Waals surface area contributed by atoms with Gasteiger partial charge in [0.25, 0.3) is 0 Å². The summed E-state index contributed by atoms with van der Waals surface area (Å²) < 4.78 is 0. The highest BCUT2D eigenvalue weighted by Gasteiger charge is 2.06. The van der Waals surface area contributed by atoms with Crippen molar-refractivity contribution in [3.05, 3.63) is 54.7 Å². The number of allylic oxidation sites excluding steroid dienone is 1. The van der Waals surface area contributed by atoms with E-state index in [0.717, 1.165) is 11.3 Å². The molecule has 0 atom stereocenters. The van der Waals surface area contributed by atoms with Crippen molar-refractivity contribution >= 4 is 11.3 Å². The second-order valence-corrected chi connectivity index (χ2v) is 4.20. The average molecular weight is 290 g/mol. The van der Waals surface area contributed by atoms with E-state index < -0.39 is 0 Å². The van der Waals surface area contributed by atoms with Crippen LogP contribution in [0.4, 0.5) is 5.69 Å². The van der Waals surface area contributed by atoms with Gasteiger partial charge >= 0.3 is 0 Å². The first kappa shape index (κ1) is 13.4. The van der Waals surface area contributed by atoms with Crippen molar-refractivity contribution in [2.75, 3.05) is 5.32 Å². The molecule has 0 radical (unpaired) electrons. The summed E-state index contributed by atoms with van der Waals surface area (Å²) in [5, 5.41) is 25.4. The van der Waals surface area contributed by atoms with Gasteiger partial charge in [0.05, 0.1) is 0 Å². The van der Waals surface area contributed by atoms with Crippen molar-refractivity contribution in [2.24, 2.45) is 0 Å². The zero-order valence-electron chi connectivity index (χ0n) is 11.3. The Morgan fingerprint density at radius 2 is 2.09 bits per heavy atom. The highest BCUT2D eigenvalue weighted by atomic mass is 15.5. The van der Waals surface area contributed by atoms with E-state index in [1.807, 2.05) is 30.3 Å². The summed E-state index contributed by atoms with van der Waals surface area (Å²) in [5.74, 6) is 0.867. The van der Waals surface area contributed by atoms with Crippen LogP contribution in [0, 0.1) is 11.3 Å². The summed E-state index contributed by atoms with van der Waals surface area (Å²) in [6, 6.07) is 11.3. The third kappa shape index (κ3) is 2.94. The molecular formula is C14H10N8. The van der Waals surface area contributed by atoms with Crippen molar-refractivity contribution in [3.63, 3.8) is 0 Å². The van der Waals surface area contributed by atoms with Crippen molar-refractivity contribution in [1.29, 1.82) is 5.26 Å². The number of H-pyrrole nitrogens is 1. The Labute approximate surface area is 125 Å². The Hall–Kier alpha value is -3.60. The number of hydrogen-bond acceptors (Lipinski definition) is 7. The lowest BCUT2D eigenvalue weighted by Crippen LogP contribution is -1.94. The van der Waals surface area contributed by atoms with Crippen LogP contribution in [0.2, 0.25) is 0 Å². The predicted molar refractivity (Wildman–Crippen MR) is 78.9 cm³/mol. The van der Waals surface area contributed by atoms with E-state index in [4.69, 9.17) is 5.26 Å². The van der Waals surface area contributed by atoms with E-state index in [9.17, 15) is 0 Å². The monoisotopic (exact) mass is 290 g/mol. The fraction of sp³-hybridized carbons (Fsp3) is 0. The third-order valence-electron chi connectivity index (χ3n) is 2.78. The van der Waals surface area contributed by atoms with Crippen LogP contribution < -0.4 is 5.32 Å². The van der Waals surface area contributed by atoms with Gasteiger partial charge in [0, 0.05) is 29.8 Å². The lowest BCUT2D eigenvalue weighted by atomic mass is 10.2. The first-order valence-electron chi connectivity index (χ1n) is 6.35. The van der Waals surface area contributed by atoms with Gasteiger partial charge in [0.2, 0.25) is 5.82 Å². The summed E-state index contributed by atoms with van der Waals surface area (Å²) in [5.41, 5.74) is 1.94. The minimum atomic E-state index is 0.234. The number of nitrogens with zero attached hydrogens (tertiary/aromatic N) is 6. The summed E-state index contributed by atoms with van der Waals surface area (Å²) in [4.78, 5) is 8.41. The number of tetrazole rings is 1. The van der Waals surface area contributed by atoms with Crippen LogP contribution in [0.5, 0.6) is 0 Å². The van der Waals surface area contributed by atoms with E-state index in [-0.39, 0.29) is 11.4 Å². The molecule has 0 aliphatic rings. The van der Waals surface area contributed by atoms with Gasteiger partial charge in [-0.05, 0) is 23.4 Å². The largest absolute Gasteiger partial charge is 0.360 e. The minimum absolute atomic E-state index is 0.234. The molecule has 0 fully saturated rings. The van der Waals surface area contributed by atoms with Crippen LogP contribution in [-0.4, -0.2) is 30.6 Å². The molecule has 0 aliphatic carbocycles. The molecule has 0 bridgehead atoms. The van der Waals surface area contributed by atoms with Crippen molar-refractivity contribution in [2.45, 2.75) is 0 Å². The Balaban J connectivity index is 1.83. The van der Waals surface area contributed by atoms with Gasteiger partial charge in [-0.15, -0.1) is 10.2 Å². The molecular weight excluding hydrogens is 280 g/mol. The van der Waals surface area contributed by atoms with Crippen LogP contribution in [-0.2, 0) is 0 Å². The molecule has 0 unspecified atom stereocenters. The maximum Gasteiger partial charge on any atom is 0.216 e. The van der Waals surface area contributed by atoms with Crippen molar-refractivity contribution in [1.82, 2.24) is 30.6 Å². The first-order valence-corrected chi connectivity index (χ1v) is 6.35. The normalized spacial score (nSPS) is 11.0. The molecule has 0 saturated carbocycles. The number of rotatable bonds is 4. The number of hydrogen-bond donors (Lipinski definition) is 2. The van der Waals surface area contributed by atoms with Crippen LogP contribution in [0.1, 0.15) is 5.82 Å². The fourth-order valence-electron chi connectivity index (χ4n) is 1.77. The quantitative estimate of drug-likeness (QED) is 0.701. The van der Waals surface area contributed by atoms with Gasteiger partial charge in [-0.1, -0.05) is 12.1 Å². The topological polar surface area (TPSA) is 116 Å². The van der Waals surface area contributed by atoms with Gasteiger partial charge in [-0.25, -0.2) is 9.97 Å². The lowest BCUT2D eigenvalue weighted by molar-refractivity contribution is 0.881. The van der Waals surface area contributed by atoms with Gasteiger partial charge < -0.3 is 5.32 Å². The molecule has 2 aromatic heterocycles. The molecule has 1 aromatic carbocycles. The van der Waals surface area contributed by atoms with Crippen LogP contribution in [0.15, 0.2) is 48.9 Å². The molecule has 3 aromatic rings. The summed E-state index contributed by atoms with van der Waals surface area (Å²) in [7, 11) is 0. The van der Waals surface area contributed by atoms with E-state index in [2.05, 4.69) is 35.9 Å². The maximum absolute atomic E-state index is 9.11. The molecule has 22 heavy (non-hydrogen) atoms. The molecule has 0 spiro atoms. The van der Waals surface area contributed by atoms with Gasteiger partial charge in [0.15, 0.2) is 5.82 Å². The van der Waals surface area contributed by atoms with Gasteiger partial charge in [-0.2, -0.15) is 10.5 Å². The Kier molecular flexibility index (Phi) is 3.79. The number of aromatic amines is 1. The molecule has 2 heterocycles. The SMILES string of the molecule is N#CC(=CNc1cccc(-c2ncccn2)c1)c1nn[nH]n1. The predicted octanol–water partition coefficient (Wildman–Crippen LogP) is 1.63. The standard InChI is InChI=1S/C14H10N8/c15-8-11(14-19-21-22-20-14)9-18-12-4-1-3-10(7-12)13-16-5-2-6-17-13/h1-7,9,18H,(H,19,20,21,22). The number of nitriles is 1. The Bertz CT molecular complexity index is 818. The van der Waals surface area contributed by atoms with Crippen molar-refractivity contribution in [3.8, 4) is 17.5 Å². The van der Waals surface area contributed by atoms with Gasteiger partial charge in [-0.3, -0.25) is 0 Å². The molecule has 3 rings (SSSR count). The second kappa shape index (κ2) is 6.23. The summed E-state index contributed by atoms with van der Waals surface area (Å²) >= 11 is 0. The molecule has 0 saturated heterocycles. The highest BCUT2D eigenvalue weighted by molar-refractivity contribution is 5.74. The van der Waals surface area contributed by atoms with Crippen LogP contribution in [0.25, 0.3) is 17.0 Å². The van der Waals surface area contributed by atoms with E-state index in [0.29, 0.717) is 5.82 Å². The number of nitrogens with one attached hydrogen (secondary N) is 2. The zero-order chi connectivity index (χ0) is 15.2.